The molecule has 0 aliphatic heterocycles. The Morgan fingerprint density at radius 3 is 2.65 bits per heavy atom. The molecule has 2 aromatic heterocycles. The molecule has 0 atom stereocenters. The van der Waals surface area contributed by atoms with E-state index in [1.54, 1.807) is 37.3 Å². The number of anilines is 3. The van der Waals surface area contributed by atoms with E-state index in [9.17, 15) is 0 Å². The average molecular weight is 455 g/mol. The third-order valence-electron chi connectivity index (χ3n) is 4.18. The van der Waals surface area contributed by atoms with Gasteiger partial charge in [0.05, 0.1) is 24.2 Å². The molecule has 31 heavy (non-hydrogen) atoms. The van der Waals surface area contributed by atoms with E-state index >= 15 is 0 Å². The number of hydrogen-bond donors (Lipinski definition) is 2. The van der Waals surface area contributed by atoms with Crippen molar-refractivity contribution < 1.29 is 9.15 Å². The minimum Gasteiger partial charge on any atom is -0.495 e. The molecule has 3 N–H and O–H groups in total. The van der Waals surface area contributed by atoms with E-state index in [0.29, 0.717) is 39.9 Å². The van der Waals surface area contributed by atoms with Crippen molar-refractivity contribution in [1.82, 2.24) is 19.9 Å². The van der Waals surface area contributed by atoms with Gasteiger partial charge in [-0.05, 0) is 36.4 Å². The molecule has 0 saturated heterocycles. The Labute approximate surface area is 188 Å². The van der Waals surface area contributed by atoms with Crippen LogP contribution in [0.15, 0.2) is 59.2 Å². The number of rotatable bonds is 8. The van der Waals surface area contributed by atoms with Crippen molar-refractivity contribution in [3.63, 3.8) is 0 Å². The molecule has 0 unspecified atom stereocenters. The van der Waals surface area contributed by atoms with Crippen molar-refractivity contribution in [2.75, 3.05) is 18.2 Å². The van der Waals surface area contributed by atoms with Crippen molar-refractivity contribution >= 4 is 40.9 Å². The van der Waals surface area contributed by atoms with E-state index in [2.05, 4.69) is 25.3 Å². The van der Waals surface area contributed by atoms with Gasteiger partial charge < -0.3 is 20.2 Å². The van der Waals surface area contributed by atoms with Crippen LogP contribution in [-0.2, 0) is 11.5 Å². The van der Waals surface area contributed by atoms with Gasteiger partial charge in [-0.25, -0.2) is 4.98 Å². The smallest absolute Gasteiger partial charge is 0.232 e. The summed E-state index contributed by atoms with van der Waals surface area (Å²) in [7, 11) is 1.60. The Hall–Kier alpha value is -3.30. The number of hydrogen-bond acceptors (Lipinski definition) is 9. The number of thioether (sulfide) groups is 1. The van der Waals surface area contributed by atoms with Crippen LogP contribution >= 0.6 is 23.4 Å². The zero-order valence-corrected chi connectivity index (χ0v) is 18.2. The van der Waals surface area contributed by atoms with E-state index in [-0.39, 0.29) is 5.95 Å². The SMILES string of the molecule is COc1ccccc1Nc1nc(N)nc(CSCc2coc(-c3ccc(Cl)cc3)n2)n1. The Bertz CT molecular complexity index is 1170. The van der Waals surface area contributed by atoms with Crippen LogP contribution in [0.2, 0.25) is 5.02 Å². The predicted molar refractivity (Wildman–Crippen MR) is 122 cm³/mol. The van der Waals surface area contributed by atoms with E-state index < -0.39 is 0 Å². The molecule has 10 heteroatoms. The molecule has 0 fully saturated rings. The molecule has 4 rings (SSSR count). The third-order valence-corrected chi connectivity index (χ3v) is 5.39. The third kappa shape index (κ3) is 5.44. The molecule has 0 spiro atoms. The topological polar surface area (TPSA) is 112 Å². The molecule has 158 valence electrons. The van der Waals surface area contributed by atoms with Gasteiger partial charge in [-0.15, -0.1) is 11.8 Å². The van der Waals surface area contributed by atoms with Gasteiger partial charge in [0.15, 0.2) is 0 Å². The molecule has 0 radical (unpaired) electrons. The number of ether oxygens (including phenoxy) is 1. The standard InChI is InChI=1S/C21H19ClN6O2S/c1-29-17-5-3-2-4-16(17)25-21-27-18(26-20(23)28-21)12-31-11-15-10-30-19(24-15)13-6-8-14(22)9-7-13/h2-10H,11-12H2,1H3,(H3,23,25,26,27,28). The lowest BCUT2D eigenvalue weighted by Crippen LogP contribution is -2.07. The molecule has 4 aromatic rings. The summed E-state index contributed by atoms with van der Waals surface area (Å²) in [5.74, 6) is 3.48. The van der Waals surface area contributed by atoms with Crippen molar-refractivity contribution in [3.8, 4) is 17.2 Å². The normalized spacial score (nSPS) is 10.8. The second-order valence-electron chi connectivity index (χ2n) is 6.40. The van der Waals surface area contributed by atoms with Crippen LogP contribution in [0, 0.1) is 0 Å². The Morgan fingerprint density at radius 1 is 1.03 bits per heavy atom. The van der Waals surface area contributed by atoms with Crippen LogP contribution in [0.25, 0.3) is 11.5 Å². The maximum Gasteiger partial charge on any atom is 0.232 e. The van der Waals surface area contributed by atoms with Gasteiger partial charge in [0.2, 0.25) is 17.8 Å². The average Bonchev–Trinajstić information content (AvgIpc) is 3.23. The first-order chi connectivity index (χ1) is 15.1. The fraction of sp³-hybridized carbons (Fsp3) is 0.143. The summed E-state index contributed by atoms with van der Waals surface area (Å²) in [4.78, 5) is 17.3. The molecule has 2 aromatic carbocycles. The van der Waals surface area contributed by atoms with Crippen molar-refractivity contribution in [2.24, 2.45) is 0 Å². The minimum absolute atomic E-state index is 0.148. The van der Waals surface area contributed by atoms with Crippen LogP contribution in [0.1, 0.15) is 11.5 Å². The van der Waals surface area contributed by atoms with Gasteiger partial charge in [0.1, 0.15) is 17.8 Å². The summed E-state index contributed by atoms with van der Waals surface area (Å²) in [5, 5.41) is 3.79. The molecule has 0 bridgehead atoms. The summed E-state index contributed by atoms with van der Waals surface area (Å²) >= 11 is 7.52. The monoisotopic (exact) mass is 454 g/mol. The molecule has 0 aliphatic carbocycles. The lowest BCUT2D eigenvalue weighted by Gasteiger charge is -2.10. The lowest BCUT2D eigenvalue weighted by atomic mass is 10.2. The number of para-hydroxylation sites is 2. The van der Waals surface area contributed by atoms with E-state index in [4.69, 9.17) is 26.5 Å². The second kappa shape index (κ2) is 9.67. The molecule has 0 aliphatic rings. The summed E-state index contributed by atoms with van der Waals surface area (Å²) in [6.45, 7) is 0. The summed E-state index contributed by atoms with van der Waals surface area (Å²) < 4.78 is 10.9. The Kier molecular flexibility index (Phi) is 6.54. The van der Waals surface area contributed by atoms with Gasteiger partial charge in [-0.2, -0.15) is 15.0 Å². The Balaban J connectivity index is 1.38. The first-order valence-electron chi connectivity index (χ1n) is 9.29. The number of oxazole rings is 1. The first kappa shape index (κ1) is 21.0. The quantitative estimate of drug-likeness (QED) is 0.381. The molecule has 0 saturated carbocycles. The number of methoxy groups -OCH3 is 1. The maximum atomic E-state index is 5.92. The van der Waals surface area contributed by atoms with Crippen molar-refractivity contribution in [2.45, 2.75) is 11.5 Å². The van der Waals surface area contributed by atoms with Crippen LogP contribution in [0.5, 0.6) is 5.75 Å². The van der Waals surface area contributed by atoms with Crippen molar-refractivity contribution in [3.05, 3.63) is 71.3 Å². The van der Waals surface area contributed by atoms with Gasteiger partial charge in [-0.3, -0.25) is 0 Å². The highest BCUT2D eigenvalue weighted by molar-refractivity contribution is 7.97. The molecular weight excluding hydrogens is 436 g/mol. The van der Waals surface area contributed by atoms with Crippen LogP contribution < -0.4 is 15.8 Å². The first-order valence-corrected chi connectivity index (χ1v) is 10.8. The zero-order valence-electron chi connectivity index (χ0n) is 16.6. The van der Waals surface area contributed by atoms with Crippen LogP contribution in [0.4, 0.5) is 17.6 Å². The fourth-order valence-corrected chi connectivity index (χ4v) is 3.65. The van der Waals surface area contributed by atoms with Gasteiger partial charge >= 0.3 is 0 Å². The van der Waals surface area contributed by atoms with E-state index in [0.717, 1.165) is 16.9 Å². The second-order valence-corrected chi connectivity index (χ2v) is 7.82. The number of nitrogens with two attached hydrogens (primary N) is 1. The summed E-state index contributed by atoms with van der Waals surface area (Å²) in [6.07, 6.45) is 1.65. The van der Waals surface area contributed by atoms with E-state index in [1.165, 1.54) is 0 Å². The number of benzene rings is 2. The van der Waals surface area contributed by atoms with Gasteiger partial charge in [0.25, 0.3) is 0 Å². The molecule has 0 amide bonds. The zero-order chi connectivity index (χ0) is 21.6. The van der Waals surface area contributed by atoms with Gasteiger partial charge in [-0.1, -0.05) is 23.7 Å². The Morgan fingerprint density at radius 2 is 1.84 bits per heavy atom. The highest BCUT2D eigenvalue weighted by Crippen LogP contribution is 2.26. The minimum atomic E-state index is 0.148. The largest absolute Gasteiger partial charge is 0.495 e. The number of nitrogens with one attached hydrogen (secondary N) is 1. The number of aromatic nitrogens is 4. The van der Waals surface area contributed by atoms with E-state index in [1.807, 2.05) is 36.4 Å². The van der Waals surface area contributed by atoms with Crippen LogP contribution in [-0.4, -0.2) is 27.0 Å². The predicted octanol–water partition coefficient (Wildman–Crippen LogP) is 4.95. The highest BCUT2D eigenvalue weighted by Gasteiger charge is 2.10. The molecular formula is C21H19ClN6O2S. The van der Waals surface area contributed by atoms with Gasteiger partial charge in [0, 0.05) is 16.3 Å². The number of nitrogens with zero attached hydrogens (tertiary/aromatic N) is 4. The fourth-order valence-electron chi connectivity index (χ4n) is 2.77. The maximum absolute atomic E-state index is 5.92. The highest BCUT2D eigenvalue weighted by atomic mass is 35.5. The summed E-state index contributed by atoms with van der Waals surface area (Å²) in [6, 6.07) is 14.8. The molecule has 2 heterocycles. The number of nitrogen functional groups attached to an aromatic ring is 1. The van der Waals surface area contributed by atoms with Crippen LogP contribution in [0.3, 0.4) is 0 Å². The molecule has 8 nitrogen and oxygen atoms in total. The summed E-state index contributed by atoms with van der Waals surface area (Å²) in [5.41, 5.74) is 8.30. The number of halogens is 1. The lowest BCUT2D eigenvalue weighted by molar-refractivity contribution is 0.417. The van der Waals surface area contributed by atoms with Crippen molar-refractivity contribution in [1.29, 1.82) is 0 Å².